The summed E-state index contributed by atoms with van der Waals surface area (Å²) in [4.78, 5) is 0. The number of sulfone groups is 1. The molecule has 0 saturated heterocycles. The molecule has 3 unspecified atom stereocenters. The molecule has 1 rings (SSSR count). The van der Waals surface area contributed by atoms with Crippen LogP contribution in [0, 0.1) is 17.3 Å². The third kappa shape index (κ3) is 6.13. The third-order valence-corrected chi connectivity index (χ3v) is 5.79. The van der Waals surface area contributed by atoms with Crippen LogP contribution in [0.3, 0.4) is 0 Å². The molecule has 0 aromatic carbocycles. The first-order valence-corrected chi connectivity index (χ1v) is 10.1. The lowest BCUT2D eigenvalue weighted by atomic mass is 9.66. The molecule has 0 amide bonds. The van der Waals surface area contributed by atoms with Gasteiger partial charge < -0.3 is 5.32 Å². The maximum absolute atomic E-state index is 11.3. The molecule has 20 heavy (non-hydrogen) atoms. The van der Waals surface area contributed by atoms with E-state index in [0.29, 0.717) is 23.1 Å². The molecule has 1 aliphatic rings. The predicted molar refractivity (Wildman–Crippen MR) is 86.7 cm³/mol. The third-order valence-electron chi connectivity index (χ3n) is 4.76. The minimum absolute atomic E-state index is 0.336. The topological polar surface area (TPSA) is 46.2 Å². The molecular formula is C16H33NO2S. The van der Waals surface area contributed by atoms with Crippen LogP contribution in [0.5, 0.6) is 0 Å². The smallest absolute Gasteiger partial charge is 0.147 e. The fourth-order valence-corrected chi connectivity index (χ4v) is 4.20. The minimum Gasteiger partial charge on any atom is -0.314 e. The van der Waals surface area contributed by atoms with E-state index in [4.69, 9.17) is 0 Å². The molecule has 1 saturated carbocycles. The molecule has 0 aliphatic heterocycles. The normalized spacial score (nSPS) is 28.6. The van der Waals surface area contributed by atoms with Crippen molar-refractivity contribution >= 4 is 9.84 Å². The zero-order chi connectivity index (χ0) is 15.4. The van der Waals surface area contributed by atoms with Gasteiger partial charge >= 0.3 is 0 Å². The molecule has 0 heterocycles. The van der Waals surface area contributed by atoms with Gasteiger partial charge in [0, 0.05) is 18.1 Å². The van der Waals surface area contributed by atoms with E-state index in [2.05, 4.69) is 33.0 Å². The highest BCUT2D eigenvalue weighted by molar-refractivity contribution is 7.90. The van der Waals surface area contributed by atoms with Crippen molar-refractivity contribution in [1.29, 1.82) is 0 Å². The highest BCUT2D eigenvalue weighted by Gasteiger charge is 2.35. The Morgan fingerprint density at radius 2 is 1.85 bits per heavy atom. The molecule has 1 aliphatic carbocycles. The molecule has 120 valence electrons. The molecule has 0 spiro atoms. The van der Waals surface area contributed by atoms with E-state index in [1.807, 2.05) is 0 Å². The second-order valence-corrected chi connectivity index (χ2v) is 9.83. The van der Waals surface area contributed by atoms with Crippen molar-refractivity contribution < 1.29 is 8.42 Å². The van der Waals surface area contributed by atoms with Crippen LogP contribution in [0.2, 0.25) is 0 Å². The average Bonchev–Trinajstić information content (AvgIpc) is 2.28. The van der Waals surface area contributed by atoms with Crippen molar-refractivity contribution in [1.82, 2.24) is 5.32 Å². The van der Waals surface area contributed by atoms with Crippen LogP contribution < -0.4 is 5.32 Å². The average molecular weight is 304 g/mol. The van der Waals surface area contributed by atoms with Gasteiger partial charge in [0.05, 0.1) is 0 Å². The van der Waals surface area contributed by atoms with E-state index in [-0.39, 0.29) is 0 Å². The Morgan fingerprint density at radius 3 is 2.35 bits per heavy atom. The van der Waals surface area contributed by atoms with E-state index in [1.165, 1.54) is 25.5 Å². The monoisotopic (exact) mass is 303 g/mol. The van der Waals surface area contributed by atoms with E-state index >= 15 is 0 Å². The summed E-state index contributed by atoms with van der Waals surface area (Å²) in [6, 6.07) is 0.582. The summed E-state index contributed by atoms with van der Waals surface area (Å²) in [5, 5.41) is 3.60. The van der Waals surface area contributed by atoms with Gasteiger partial charge in [0.25, 0.3) is 0 Å². The van der Waals surface area contributed by atoms with Crippen molar-refractivity contribution in [3.63, 3.8) is 0 Å². The number of nitrogens with one attached hydrogen (secondary N) is 1. The van der Waals surface area contributed by atoms with Crippen LogP contribution in [0.15, 0.2) is 0 Å². The second kappa shape index (κ2) is 7.26. The summed E-state index contributed by atoms with van der Waals surface area (Å²) in [7, 11) is -2.82. The molecule has 0 aromatic heterocycles. The summed E-state index contributed by atoms with van der Waals surface area (Å²) >= 11 is 0. The predicted octanol–water partition coefficient (Wildman–Crippen LogP) is 3.25. The van der Waals surface area contributed by atoms with Gasteiger partial charge in [-0.25, -0.2) is 8.42 Å². The van der Waals surface area contributed by atoms with E-state index in [9.17, 15) is 8.42 Å². The van der Waals surface area contributed by atoms with E-state index in [1.54, 1.807) is 0 Å². The Labute approximate surface area is 125 Å². The highest BCUT2D eigenvalue weighted by atomic mass is 32.2. The standard InChI is InChI=1S/C16H33NO2S/c1-6-17-15-10-9-14(16(2,3)4)12-13(15)8-7-11-20(5,18)19/h13-15,17H,6-12H2,1-5H3. The number of hydrogen-bond donors (Lipinski definition) is 1. The van der Waals surface area contributed by atoms with Crippen molar-refractivity contribution in [3.05, 3.63) is 0 Å². The molecule has 0 radical (unpaired) electrons. The van der Waals surface area contributed by atoms with Gasteiger partial charge in [-0.1, -0.05) is 27.7 Å². The Bertz CT molecular complexity index is 384. The lowest BCUT2D eigenvalue weighted by Crippen LogP contribution is -2.43. The second-order valence-electron chi connectivity index (χ2n) is 7.57. The fraction of sp³-hybridized carbons (Fsp3) is 1.00. The van der Waals surface area contributed by atoms with Crippen LogP contribution in [0.1, 0.15) is 59.8 Å². The van der Waals surface area contributed by atoms with Crippen LogP contribution >= 0.6 is 0 Å². The molecule has 3 nitrogen and oxygen atoms in total. The lowest BCUT2D eigenvalue weighted by molar-refractivity contribution is 0.110. The van der Waals surface area contributed by atoms with Gasteiger partial charge in [-0.05, 0) is 55.9 Å². The number of rotatable bonds is 6. The van der Waals surface area contributed by atoms with Gasteiger partial charge in [0.15, 0.2) is 0 Å². The van der Waals surface area contributed by atoms with Crippen LogP contribution in [0.4, 0.5) is 0 Å². The Kier molecular flexibility index (Phi) is 6.52. The molecule has 3 atom stereocenters. The van der Waals surface area contributed by atoms with Crippen molar-refractivity contribution in [3.8, 4) is 0 Å². The Balaban J connectivity index is 2.59. The van der Waals surface area contributed by atoms with Gasteiger partial charge in [0.1, 0.15) is 9.84 Å². The fourth-order valence-electron chi connectivity index (χ4n) is 3.51. The van der Waals surface area contributed by atoms with Crippen molar-refractivity contribution in [2.75, 3.05) is 18.6 Å². The largest absolute Gasteiger partial charge is 0.314 e. The first kappa shape index (κ1) is 18.0. The molecule has 1 N–H and O–H groups in total. The summed E-state index contributed by atoms with van der Waals surface area (Å²) in [6.07, 6.45) is 6.96. The van der Waals surface area contributed by atoms with E-state index < -0.39 is 9.84 Å². The maximum atomic E-state index is 11.3. The van der Waals surface area contributed by atoms with Crippen molar-refractivity contribution in [2.45, 2.75) is 65.8 Å². The van der Waals surface area contributed by atoms with Crippen molar-refractivity contribution in [2.24, 2.45) is 17.3 Å². The Morgan fingerprint density at radius 1 is 1.20 bits per heavy atom. The van der Waals surface area contributed by atoms with Crippen LogP contribution in [-0.4, -0.2) is 33.0 Å². The van der Waals surface area contributed by atoms with Crippen LogP contribution in [0.25, 0.3) is 0 Å². The molecular weight excluding hydrogens is 270 g/mol. The lowest BCUT2D eigenvalue weighted by Gasteiger charge is -2.42. The first-order chi connectivity index (χ1) is 9.13. The van der Waals surface area contributed by atoms with Crippen LogP contribution in [-0.2, 0) is 9.84 Å². The van der Waals surface area contributed by atoms with E-state index in [0.717, 1.165) is 25.3 Å². The van der Waals surface area contributed by atoms with Gasteiger partial charge in [-0.15, -0.1) is 0 Å². The molecule has 4 heteroatoms. The minimum atomic E-state index is -2.82. The zero-order valence-corrected chi connectivity index (χ0v) is 14.7. The Hall–Kier alpha value is -0.0900. The molecule has 1 fully saturated rings. The van der Waals surface area contributed by atoms with Gasteiger partial charge in [-0.2, -0.15) is 0 Å². The molecule has 0 aromatic rings. The number of hydrogen-bond acceptors (Lipinski definition) is 3. The summed E-state index contributed by atoms with van der Waals surface area (Å²) in [5.74, 6) is 1.73. The SMILES string of the molecule is CCNC1CCC(C(C)(C)C)CC1CCCS(C)(=O)=O. The quantitative estimate of drug-likeness (QED) is 0.819. The highest BCUT2D eigenvalue weighted by Crippen LogP contribution is 2.41. The summed E-state index contributed by atoms with van der Waals surface area (Å²) in [5.41, 5.74) is 0.367. The first-order valence-electron chi connectivity index (χ1n) is 8.04. The van der Waals surface area contributed by atoms with Gasteiger partial charge in [-0.3, -0.25) is 0 Å². The molecule has 0 bridgehead atoms. The summed E-state index contributed by atoms with van der Waals surface area (Å²) < 4.78 is 22.6. The van der Waals surface area contributed by atoms with Gasteiger partial charge in [0.2, 0.25) is 0 Å². The zero-order valence-electron chi connectivity index (χ0n) is 13.9. The maximum Gasteiger partial charge on any atom is 0.147 e. The summed E-state index contributed by atoms with van der Waals surface area (Å²) in [6.45, 7) is 10.2.